The summed E-state index contributed by atoms with van der Waals surface area (Å²) in [5.41, 5.74) is 0.468. The first-order valence-electron chi connectivity index (χ1n) is 8.93. The third-order valence-corrected chi connectivity index (χ3v) is 6.36. The van der Waals surface area contributed by atoms with Gasteiger partial charge < -0.3 is 29.3 Å². The molecule has 0 spiro atoms. The van der Waals surface area contributed by atoms with Crippen LogP contribution < -0.4 is 19.5 Å². The van der Waals surface area contributed by atoms with E-state index in [0.29, 0.717) is 42.4 Å². The van der Waals surface area contributed by atoms with Crippen LogP contribution in [0.15, 0.2) is 12.1 Å². The number of carbonyl (C=O) groups is 1. The summed E-state index contributed by atoms with van der Waals surface area (Å²) < 4.78 is 39.7. The molecule has 10 heteroatoms. The number of nitrogens with one attached hydrogen (secondary N) is 1. The average Bonchev–Trinajstić information content (AvgIpc) is 3.00. The lowest BCUT2D eigenvalue weighted by Gasteiger charge is -2.29. The van der Waals surface area contributed by atoms with Gasteiger partial charge in [-0.25, -0.2) is 13.2 Å². The van der Waals surface area contributed by atoms with Crippen molar-refractivity contribution in [1.29, 1.82) is 0 Å². The zero-order valence-corrected chi connectivity index (χ0v) is 17.8. The molecule has 158 valence electrons. The number of amides is 2. The van der Waals surface area contributed by atoms with Crippen LogP contribution in [0, 0.1) is 0 Å². The topological polar surface area (TPSA) is 97.4 Å². The van der Waals surface area contributed by atoms with Gasteiger partial charge in [0.25, 0.3) is 0 Å². The molecule has 1 aromatic carbocycles. The van der Waals surface area contributed by atoms with Gasteiger partial charge in [0.2, 0.25) is 5.75 Å². The normalized spacial score (nSPS) is 18.0. The molecule has 2 amide bonds. The summed E-state index contributed by atoms with van der Waals surface area (Å²) in [6, 6.07) is 2.56. The van der Waals surface area contributed by atoms with Gasteiger partial charge in [-0.15, -0.1) is 0 Å². The third-order valence-electron chi connectivity index (χ3n) is 4.61. The molecule has 1 unspecified atom stereocenters. The molecule has 1 aliphatic heterocycles. The summed E-state index contributed by atoms with van der Waals surface area (Å²) in [6.07, 6.45) is 0.443. The molecular weight excluding hydrogens is 386 g/mol. The van der Waals surface area contributed by atoms with E-state index < -0.39 is 9.84 Å². The minimum absolute atomic E-state index is 0.0108. The lowest BCUT2D eigenvalue weighted by Crippen LogP contribution is -2.46. The predicted molar refractivity (Wildman–Crippen MR) is 107 cm³/mol. The Balaban J connectivity index is 2.25. The molecule has 1 aliphatic rings. The summed E-state index contributed by atoms with van der Waals surface area (Å²) in [5, 5.41) is 2.83. The molecule has 1 heterocycles. The summed E-state index contributed by atoms with van der Waals surface area (Å²) >= 11 is 0. The van der Waals surface area contributed by atoms with E-state index in [1.165, 1.54) is 21.3 Å². The molecule has 1 aromatic rings. The van der Waals surface area contributed by atoms with E-state index in [1.807, 2.05) is 19.0 Å². The number of methoxy groups -OCH3 is 3. The number of ether oxygens (including phenoxy) is 3. The number of anilines is 1. The van der Waals surface area contributed by atoms with Gasteiger partial charge in [0, 0.05) is 31.3 Å². The fourth-order valence-corrected chi connectivity index (χ4v) is 4.86. The number of urea groups is 1. The number of hydrogen-bond donors (Lipinski definition) is 1. The van der Waals surface area contributed by atoms with Gasteiger partial charge in [0.1, 0.15) is 0 Å². The Kier molecular flexibility index (Phi) is 7.36. The minimum Gasteiger partial charge on any atom is -0.493 e. The number of hydrogen-bond acceptors (Lipinski definition) is 7. The number of rotatable bonds is 8. The second-order valence-corrected chi connectivity index (χ2v) is 9.13. The van der Waals surface area contributed by atoms with Crippen LogP contribution in [0.5, 0.6) is 17.2 Å². The van der Waals surface area contributed by atoms with E-state index in [-0.39, 0.29) is 23.6 Å². The maximum atomic E-state index is 13.0. The summed E-state index contributed by atoms with van der Waals surface area (Å²) in [4.78, 5) is 16.5. The first kappa shape index (κ1) is 22.1. The second-order valence-electron chi connectivity index (χ2n) is 6.90. The molecule has 0 bridgehead atoms. The standard InChI is InChI=1S/C18H29N3O6S/c1-20(2)7-8-21(14-6-9-28(23,24)12-14)18(22)19-13-10-15(25-3)17(27-5)16(11-13)26-4/h10-11,14H,6-9,12H2,1-5H3,(H,19,22). The van der Waals surface area contributed by atoms with Crippen LogP contribution in [0.4, 0.5) is 10.5 Å². The molecule has 0 aromatic heterocycles. The van der Waals surface area contributed by atoms with E-state index in [9.17, 15) is 13.2 Å². The Morgan fingerprint density at radius 1 is 1.11 bits per heavy atom. The molecule has 0 radical (unpaired) electrons. The summed E-state index contributed by atoms with van der Waals surface area (Å²) in [6.45, 7) is 1.04. The highest BCUT2D eigenvalue weighted by molar-refractivity contribution is 7.91. The maximum Gasteiger partial charge on any atom is 0.322 e. The van der Waals surface area contributed by atoms with Crippen molar-refractivity contribution in [2.45, 2.75) is 12.5 Å². The monoisotopic (exact) mass is 415 g/mol. The van der Waals surface area contributed by atoms with E-state index in [0.717, 1.165) is 0 Å². The van der Waals surface area contributed by atoms with Crippen LogP contribution in [0.1, 0.15) is 6.42 Å². The Labute approximate surface area is 166 Å². The van der Waals surface area contributed by atoms with Crippen molar-refractivity contribution in [2.24, 2.45) is 0 Å². The molecule has 28 heavy (non-hydrogen) atoms. The first-order chi connectivity index (χ1) is 13.2. The average molecular weight is 416 g/mol. The van der Waals surface area contributed by atoms with Crippen molar-refractivity contribution in [3.8, 4) is 17.2 Å². The largest absolute Gasteiger partial charge is 0.493 e. The fraction of sp³-hybridized carbons (Fsp3) is 0.611. The number of sulfone groups is 1. The number of likely N-dealkylation sites (N-methyl/N-ethyl adjacent to an activating group) is 1. The van der Waals surface area contributed by atoms with Crippen LogP contribution >= 0.6 is 0 Å². The lowest BCUT2D eigenvalue weighted by atomic mass is 10.2. The van der Waals surface area contributed by atoms with Crippen molar-refractivity contribution < 1.29 is 27.4 Å². The highest BCUT2D eigenvalue weighted by Crippen LogP contribution is 2.40. The van der Waals surface area contributed by atoms with E-state index in [4.69, 9.17) is 14.2 Å². The van der Waals surface area contributed by atoms with Crippen LogP contribution in [-0.2, 0) is 9.84 Å². The number of carbonyl (C=O) groups excluding carboxylic acids is 1. The maximum absolute atomic E-state index is 13.0. The van der Waals surface area contributed by atoms with Gasteiger partial charge in [-0.1, -0.05) is 0 Å². The SMILES string of the molecule is COc1cc(NC(=O)N(CCN(C)C)C2CCS(=O)(=O)C2)cc(OC)c1OC. The van der Waals surface area contributed by atoms with Gasteiger partial charge in [0.05, 0.1) is 38.5 Å². The minimum atomic E-state index is -3.11. The molecule has 1 atom stereocenters. The van der Waals surface area contributed by atoms with Gasteiger partial charge in [-0.2, -0.15) is 0 Å². The van der Waals surface area contributed by atoms with Crippen molar-refractivity contribution in [1.82, 2.24) is 9.80 Å². The van der Waals surface area contributed by atoms with Crippen molar-refractivity contribution >= 4 is 21.6 Å². The van der Waals surface area contributed by atoms with Crippen LogP contribution in [0.2, 0.25) is 0 Å². The highest BCUT2D eigenvalue weighted by Gasteiger charge is 2.34. The van der Waals surface area contributed by atoms with Crippen LogP contribution in [-0.4, -0.2) is 90.3 Å². The Hall–Kier alpha value is -2.20. The third kappa shape index (κ3) is 5.41. The molecule has 0 aliphatic carbocycles. The van der Waals surface area contributed by atoms with Gasteiger partial charge in [-0.3, -0.25) is 0 Å². The van der Waals surface area contributed by atoms with Gasteiger partial charge in [0.15, 0.2) is 21.3 Å². The molecule has 9 nitrogen and oxygen atoms in total. The lowest BCUT2D eigenvalue weighted by molar-refractivity contribution is 0.186. The molecule has 1 saturated heterocycles. The summed E-state index contributed by atoms with van der Waals surface area (Å²) in [7, 11) is 5.19. The summed E-state index contributed by atoms with van der Waals surface area (Å²) in [5.74, 6) is 1.35. The van der Waals surface area contributed by atoms with Crippen LogP contribution in [0.25, 0.3) is 0 Å². The van der Waals surface area contributed by atoms with Crippen molar-refractivity contribution in [2.75, 3.05) is 65.3 Å². The van der Waals surface area contributed by atoms with E-state index in [1.54, 1.807) is 17.0 Å². The van der Waals surface area contributed by atoms with Crippen molar-refractivity contribution in [3.05, 3.63) is 12.1 Å². The fourth-order valence-electron chi connectivity index (χ4n) is 3.13. The van der Waals surface area contributed by atoms with Gasteiger partial charge in [-0.05, 0) is 20.5 Å². The quantitative estimate of drug-likeness (QED) is 0.683. The second kappa shape index (κ2) is 9.33. The van der Waals surface area contributed by atoms with Gasteiger partial charge >= 0.3 is 6.03 Å². The molecule has 1 fully saturated rings. The smallest absolute Gasteiger partial charge is 0.322 e. The molecular formula is C18H29N3O6S. The van der Waals surface area contributed by atoms with Crippen LogP contribution in [0.3, 0.4) is 0 Å². The van der Waals surface area contributed by atoms with E-state index >= 15 is 0 Å². The zero-order valence-electron chi connectivity index (χ0n) is 17.0. The Morgan fingerprint density at radius 2 is 1.71 bits per heavy atom. The molecule has 0 saturated carbocycles. The van der Waals surface area contributed by atoms with Crippen molar-refractivity contribution in [3.63, 3.8) is 0 Å². The predicted octanol–water partition coefficient (Wildman–Crippen LogP) is 1.30. The number of benzene rings is 1. The number of nitrogens with zero attached hydrogens (tertiary/aromatic N) is 2. The first-order valence-corrected chi connectivity index (χ1v) is 10.8. The highest BCUT2D eigenvalue weighted by atomic mass is 32.2. The molecule has 2 rings (SSSR count). The Morgan fingerprint density at radius 3 is 2.14 bits per heavy atom. The zero-order chi connectivity index (χ0) is 20.9. The van der Waals surface area contributed by atoms with E-state index in [2.05, 4.69) is 5.32 Å². The Bertz CT molecular complexity index is 772. The molecule has 1 N–H and O–H groups in total.